The van der Waals surface area contributed by atoms with E-state index >= 15 is 0 Å². The summed E-state index contributed by atoms with van der Waals surface area (Å²) >= 11 is 0. The van der Waals surface area contributed by atoms with Crippen molar-refractivity contribution in [3.63, 3.8) is 0 Å². The first-order chi connectivity index (χ1) is 12.5. The Morgan fingerprint density at radius 2 is 1.92 bits per heavy atom. The minimum atomic E-state index is -4.47. The maximum Gasteiger partial charge on any atom is 0.433 e. The van der Waals surface area contributed by atoms with Crippen LogP contribution >= 0.6 is 0 Å². The van der Waals surface area contributed by atoms with Crippen LogP contribution in [0.4, 0.5) is 19.1 Å². The van der Waals surface area contributed by atoms with Gasteiger partial charge in [-0.2, -0.15) is 13.2 Å². The quantitative estimate of drug-likeness (QED) is 0.837. The minimum absolute atomic E-state index is 0.0504. The Labute approximate surface area is 149 Å². The van der Waals surface area contributed by atoms with Crippen molar-refractivity contribution in [1.29, 1.82) is 0 Å². The Bertz CT molecular complexity index is 756. The molecule has 0 bridgehead atoms. The van der Waals surface area contributed by atoms with Crippen molar-refractivity contribution >= 4 is 5.95 Å². The number of aromatic nitrogens is 2. The Balaban J connectivity index is 1.51. The summed E-state index contributed by atoms with van der Waals surface area (Å²) in [4.78, 5) is 11.9. The summed E-state index contributed by atoms with van der Waals surface area (Å²) in [6, 6.07) is 11.1. The van der Waals surface area contributed by atoms with Crippen LogP contribution in [0.2, 0.25) is 0 Å². The number of morpholine rings is 1. The Hall–Kier alpha value is -2.19. The molecule has 0 N–H and O–H groups in total. The van der Waals surface area contributed by atoms with Gasteiger partial charge in [-0.25, -0.2) is 9.97 Å². The maximum absolute atomic E-state index is 12.9. The summed E-state index contributed by atoms with van der Waals surface area (Å²) in [5, 5.41) is 0. The van der Waals surface area contributed by atoms with E-state index in [2.05, 4.69) is 27.0 Å². The summed E-state index contributed by atoms with van der Waals surface area (Å²) in [6.45, 7) is 3.26. The minimum Gasteiger partial charge on any atom is -0.373 e. The smallest absolute Gasteiger partial charge is 0.373 e. The lowest BCUT2D eigenvalue weighted by Crippen LogP contribution is -2.50. The standard InChI is InChI=1S/C18H19F3N4O/c19-18(20,21)16-6-7-22-17(23-16)25-11-14-15(12-25)26-9-8-24(14)10-13-4-2-1-3-5-13/h1-7,14-15H,8-12H2. The number of rotatable bonds is 3. The molecule has 0 saturated carbocycles. The fourth-order valence-corrected chi connectivity index (χ4v) is 3.59. The molecule has 1 aromatic heterocycles. The largest absolute Gasteiger partial charge is 0.433 e. The van der Waals surface area contributed by atoms with Gasteiger partial charge in [0.1, 0.15) is 5.69 Å². The lowest BCUT2D eigenvalue weighted by Gasteiger charge is -2.36. The van der Waals surface area contributed by atoms with Gasteiger partial charge in [0.15, 0.2) is 0 Å². The highest BCUT2D eigenvalue weighted by Crippen LogP contribution is 2.30. The van der Waals surface area contributed by atoms with Gasteiger partial charge in [-0.3, -0.25) is 4.90 Å². The Morgan fingerprint density at radius 1 is 1.12 bits per heavy atom. The van der Waals surface area contributed by atoms with E-state index in [9.17, 15) is 13.2 Å². The van der Waals surface area contributed by atoms with Crippen molar-refractivity contribution in [3.8, 4) is 0 Å². The zero-order chi connectivity index (χ0) is 18.1. The molecule has 0 aliphatic carbocycles. The third-order valence-corrected chi connectivity index (χ3v) is 4.86. The number of nitrogens with zero attached hydrogens (tertiary/aromatic N) is 4. The fourth-order valence-electron chi connectivity index (χ4n) is 3.59. The molecular weight excluding hydrogens is 345 g/mol. The average molecular weight is 364 g/mol. The maximum atomic E-state index is 12.9. The van der Waals surface area contributed by atoms with Crippen LogP contribution in [0.1, 0.15) is 11.3 Å². The highest BCUT2D eigenvalue weighted by molar-refractivity contribution is 5.35. The molecule has 0 radical (unpaired) electrons. The molecule has 2 saturated heterocycles. The first-order valence-electron chi connectivity index (χ1n) is 8.55. The normalized spacial score (nSPS) is 23.9. The van der Waals surface area contributed by atoms with E-state index in [1.54, 1.807) is 4.90 Å². The fraction of sp³-hybridized carbons (Fsp3) is 0.444. The molecule has 8 heteroatoms. The zero-order valence-corrected chi connectivity index (χ0v) is 14.1. The molecule has 2 aliphatic rings. The van der Waals surface area contributed by atoms with Gasteiger partial charge in [0.2, 0.25) is 5.95 Å². The summed E-state index contributed by atoms with van der Waals surface area (Å²) in [5.74, 6) is 0.109. The van der Waals surface area contributed by atoms with E-state index in [0.717, 1.165) is 25.4 Å². The lowest BCUT2D eigenvalue weighted by molar-refractivity contribution is -0.141. The second kappa shape index (κ2) is 6.85. The van der Waals surface area contributed by atoms with Gasteiger partial charge in [0, 0.05) is 32.4 Å². The van der Waals surface area contributed by atoms with Crippen LogP contribution in [0.25, 0.3) is 0 Å². The molecule has 0 spiro atoms. The van der Waals surface area contributed by atoms with Crippen LogP contribution in [0, 0.1) is 0 Å². The molecule has 2 aromatic rings. The summed E-state index contributed by atoms with van der Waals surface area (Å²) < 4.78 is 44.6. The lowest BCUT2D eigenvalue weighted by atomic mass is 10.1. The predicted molar refractivity (Wildman–Crippen MR) is 89.6 cm³/mol. The van der Waals surface area contributed by atoms with E-state index in [4.69, 9.17) is 4.74 Å². The van der Waals surface area contributed by atoms with Crippen molar-refractivity contribution in [2.45, 2.75) is 24.9 Å². The van der Waals surface area contributed by atoms with Gasteiger partial charge >= 0.3 is 6.18 Å². The van der Waals surface area contributed by atoms with Crippen molar-refractivity contribution < 1.29 is 17.9 Å². The van der Waals surface area contributed by atoms with Gasteiger partial charge in [-0.05, 0) is 11.6 Å². The molecule has 3 heterocycles. The van der Waals surface area contributed by atoms with Crippen LogP contribution in [-0.2, 0) is 17.5 Å². The number of anilines is 1. The van der Waals surface area contributed by atoms with Crippen LogP contribution in [0.5, 0.6) is 0 Å². The topological polar surface area (TPSA) is 41.5 Å². The average Bonchev–Trinajstić information content (AvgIpc) is 3.07. The van der Waals surface area contributed by atoms with Gasteiger partial charge in [-0.1, -0.05) is 30.3 Å². The number of fused-ring (bicyclic) bond motifs is 1. The number of benzene rings is 1. The van der Waals surface area contributed by atoms with E-state index < -0.39 is 11.9 Å². The monoisotopic (exact) mass is 364 g/mol. The molecule has 26 heavy (non-hydrogen) atoms. The van der Waals surface area contributed by atoms with Crippen LogP contribution < -0.4 is 4.90 Å². The van der Waals surface area contributed by atoms with Crippen LogP contribution in [-0.4, -0.2) is 53.3 Å². The highest BCUT2D eigenvalue weighted by Gasteiger charge is 2.41. The molecule has 2 fully saturated rings. The molecule has 0 amide bonds. The SMILES string of the molecule is FC(F)(F)c1ccnc(N2CC3OCCN(Cc4ccccc4)C3C2)n1. The first kappa shape index (κ1) is 17.2. The molecule has 2 aliphatic heterocycles. The molecular formula is C18H19F3N4O. The number of hydrogen-bond acceptors (Lipinski definition) is 5. The molecule has 138 valence electrons. The van der Waals surface area contributed by atoms with Gasteiger partial charge in [0.25, 0.3) is 0 Å². The molecule has 5 nitrogen and oxygen atoms in total. The van der Waals surface area contributed by atoms with E-state index in [-0.39, 0.29) is 18.1 Å². The summed E-state index contributed by atoms with van der Waals surface area (Å²) in [6.07, 6.45) is -3.36. The summed E-state index contributed by atoms with van der Waals surface area (Å²) in [7, 11) is 0. The molecule has 2 atom stereocenters. The zero-order valence-electron chi connectivity index (χ0n) is 14.1. The van der Waals surface area contributed by atoms with Crippen LogP contribution in [0.3, 0.4) is 0 Å². The Kier molecular flexibility index (Phi) is 4.54. The Morgan fingerprint density at radius 3 is 2.69 bits per heavy atom. The number of hydrogen-bond donors (Lipinski definition) is 0. The van der Waals surface area contributed by atoms with E-state index in [1.807, 2.05) is 18.2 Å². The molecule has 4 rings (SSSR count). The first-order valence-corrected chi connectivity index (χ1v) is 8.55. The van der Waals surface area contributed by atoms with Gasteiger partial charge < -0.3 is 9.64 Å². The molecule has 1 aromatic carbocycles. The van der Waals surface area contributed by atoms with E-state index in [0.29, 0.717) is 19.7 Å². The van der Waals surface area contributed by atoms with Gasteiger partial charge in [0.05, 0.1) is 18.8 Å². The summed E-state index contributed by atoms with van der Waals surface area (Å²) in [5.41, 5.74) is 0.293. The van der Waals surface area contributed by atoms with Crippen molar-refractivity contribution in [2.24, 2.45) is 0 Å². The third kappa shape index (κ3) is 3.52. The number of halogens is 3. The predicted octanol–water partition coefficient (Wildman–Crippen LogP) is 2.58. The number of alkyl halides is 3. The number of ether oxygens (including phenoxy) is 1. The van der Waals surface area contributed by atoms with Gasteiger partial charge in [-0.15, -0.1) is 0 Å². The van der Waals surface area contributed by atoms with Crippen molar-refractivity contribution in [3.05, 3.63) is 53.9 Å². The van der Waals surface area contributed by atoms with Crippen molar-refractivity contribution in [1.82, 2.24) is 14.9 Å². The third-order valence-electron chi connectivity index (χ3n) is 4.86. The second-order valence-electron chi connectivity index (χ2n) is 6.58. The highest BCUT2D eigenvalue weighted by atomic mass is 19.4. The van der Waals surface area contributed by atoms with Crippen LogP contribution in [0.15, 0.2) is 42.6 Å². The molecule has 2 unspecified atom stereocenters. The van der Waals surface area contributed by atoms with E-state index in [1.165, 1.54) is 5.56 Å². The van der Waals surface area contributed by atoms with Crippen molar-refractivity contribution in [2.75, 3.05) is 31.1 Å². The second-order valence-corrected chi connectivity index (χ2v) is 6.58.